The Morgan fingerprint density at radius 3 is 2.50 bits per heavy atom. The number of nitrogens with zero attached hydrogens (tertiary/aromatic N) is 3. The molecule has 10 nitrogen and oxygen atoms in total. The average Bonchev–Trinajstić information content (AvgIpc) is 3.95. The summed E-state index contributed by atoms with van der Waals surface area (Å²) in [6.45, 7) is 1.16. The van der Waals surface area contributed by atoms with Gasteiger partial charge in [0.05, 0.1) is 43.1 Å². The number of amides is 2. The lowest BCUT2D eigenvalue weighted by molar-refractivity contribution is 0.00945. The maximum atomic E-state index is 15.0. The molecule has 2 saturated carbocycles. The summed E-state index contributed by atoms with van der Waals surface area (Å²) in [5, 5.41) is 20.0. The van der Waals surface area contributed by atoms with Gasteiger partial charge in [-0.2, -0.15) is 5.10 Å². The number of ether oxygens (including phenoxy) is 2. The van der Waals surface area contributed by atoms with Crippen molar-refractivity contribution in [2.75, 3.05) is 20.3 Å². The van der Waals surface area contributed by atoms with Gasteiger partial charge in [0.2, 0.25) is 0 Å². The molecule has 4 aromatic rings. The SMILES string of the molecule is CCOc1c(C(N)=O)cc([C@@](O)(CNC(=O)c2cc(OC)c3nn(C4CC4)cc3c2)C2CC2)nc1-c1c(F)ccc(F)c1F. The highest BCUT2D eigenvalue weighted by Crippen LogP contribution is 2.47. The standard InChI is InChI=1S/C31H30F3N5O5/c1-3-44-28-19(29(35)40)12-23(37-27(28)24-20(32)8-9-21(33)25(24)34)31(42,17-4-5-17)14-36-30(41)15-10-16-13-39(18-6-7-18)38-26(16)22(11-15)43-2/h8-13,17-18,42H,3-7,14H2,1-2H3,(H2,35,40)(H,36,41)/t31-/m1/s1. The minimum absolute atomic E-state index is 0.0385. The number of pyridine rings is 1. The van der Waals surface area contributed by atoms with Crippen LogP contribution in [0.2, 0.25) is 0 Å². The topological polar surface area (TPSA) is 142 Å². The Bertz CT molecular complexity index is 1800. The second kappa shape index (κ2) is 11.1. The molecule has 2 heterocycles. The zero-order valence-electron chi connectivity index (χ0n) is 24.0. The van der Waals surface area contributed by atoms with Gasteiger partial charge in [-0.25, -0.2) is 18.2 Å². The van der Waals surface area contributed by atoms with Gasteiger partial charge in [0, 0.05) is 17.1 Å². The fourth-order valence-electron chi connectivity index (χ4n) is 5.40. The fourth-order valence-corrected chi connectivity index (χ4v) is 5.40. The van der Waals surface area contributed by atoms with Crippen molar-refractivity contribution in [1.29, 1.82) is 0 Å². The van der Waals surface area contributed by atoms with Crippen LogP contribution in [0.3, 0.4) is 0 Å². The predicted octanol–water partition coefficient (Wildman–Crippen LogP) is 4.38. The third kappa shape index (κ3) is 5.21. The molecule has 2 amide bonds. The molecular formula is C31H30F3N5O5. The number of primary amides is 1. The van der Waals surface area contributed by atoms with Crippen LogP contribution in [-0.2, 0) is 5.60 Å². The van der Waals surface area contributed by atoms with E-state index in [1.165, 1.54) is 13.2 Å². The van der Waals surface area contributed by atoms with Crippen molar-refractivity contribution in [3.63, 3.8) is 0 Å². The van der Waals surface area contributed by atoms with E-state index in [2.05, 4.69) is 15.4 Å². The minimum Gasteiger partial charge on any atom is -0.494 e. The predicted molar refractivity (Wildman–Crippen MR) is 153 cm³/mol. The molecule has 2 fully saturated rings. The number of fused-ring (bicyclic) bond motifs is 1. The third-order valence-corrected chi connectivity index (χ3v) is 8.02. The third-order valence-electron chi connectivity index (χ3n) is 8.02. The summed E-state index contributed by atoms with van der Waals surface area (Å²) < 4.78 is 57.1. The summed E-state index contributed by atoms with van der Waals surface area (Å²) in [6.07, 6.45) is 5.01. The molecule has 0 radical (unpaired) electrons. The van der Waals surface area contributed by atoms with Crippen LogP contribution >= 0.6 is 0 Å². The summed E-state index contributed by atoms with van der Waals surface area (Å²) in [4.78, 5) is 30.3. The number of nitrogens with two attached hydrogens (primary N) is 1. The maximum absolute atomic E-state index is 15.0. The van der Waals surface area contributed by atoms with Gasteiger partial charge in [-0.3, -0.25) is 14.3 Å². The van der Waals surface area contributed by atoms with Crippen LogP contribution in [0.1, 0.15) is 65.1 Å². The second-order valence-electron chi connectivity index (χ2n) is 11.1. The molecule has 1 atom stereocenters. The van der Waals surface area contributed by atoms with E-state index in [0.29, 0.717) is 47.7 Å². The molecule has 2 aliphatic rings. The van der Waals surface area contributed by atoms with Gasteiger partial charge in [-0.15, -0.1) is 0 Å². The van der Waals surface area contributed by atoms with Gasteiger partial charge in [0.25, 0.3) is 11.8 Å². The van der Waals surface area contributed by atoms with E-state index in [4.69, 9.17) is 15.2 Å². The van der Waals surface area contributed by atoms with Gasteiger partial charge in [-0.05, 0) is 68.9 Å². The van der Waals surface area contributed by atoms with Crippen LogP contribution < -0.4 is 20.5 Å². The number of benzene rings is 2. The summed E-state index contributed by atoms with van der Waals surface area (Å²) in [5.41, 5.74) is 2.68. The van der Waals surface area contributed by atoms with Gasteiger partial charge in [-0.1, -0.05) is 0 Å². The molecule has 0 aliphatic heterocycles. The van der Waals surface area contributed by atoms with E-state index in [1.54, 1.807) is 19.1 Å². The summed E-state index contributed by atoms with van der Waals surface area (Å²) >= 11 is 0. The minimum atomic E-state index is -1.88. The van der Waals surface area contributed by atoms with Crippen molar-refractivity contribution >= 4 is 22.7 Å². The molecule has 0 saturated heterocycles. The van der Waals surface area contributed by atoms with Crippen molar-refractivity contribution < 1.29 is 37.3 Å². The van der Waals surface area contributed by atoms with Crippen molar-refractivity contribution in [3.8, 4) is 22.8 Å². The number of hydrogen-bond donors (Lipinski definition) is 3. The van der Waals surface area contributed by atoms with Crippen LogP contribution in [0.4, 0.5) is 13.2 Å². The Morgan fingerprint density at radius 2 is 1.86 bits per heavy atom. The number of rotatable bonds is 11. The van der Waals surface area contributed by atoms with E-state index >= 15 is 4.39 Å². The lowest BCUT2D eigenvalue weighted by Crippen LogP contribution is -2.43. The molecule has 0 unspecified atom stereocenters. The van der Waals surface area contributed by atoms with Crippen LogP contribution in [0.15, 0.2) is 36.5 Å². The quantitative estimate of drug-likeness (QED) is 0.214. The first kappa shape index (κ1) is 29.4. The number of carbonyl (C=O) groups is 2. The molecule has 2 aliphatic carbocycles. The largest absolute Gasteiger partial charge is 0.494 e. The molecule has 6 rings (SSSR count). The van der Waals surface area contributed by atoms with Crippen molar-refractivity contribution in [2.45, 2.75) is 44.2 Å². The first-order chi connectivity index (χ1) is 21.0. The number of carbonyl (C=O) groups excluding carboxylic acids is 2. The number of methoxy groups -OCH3 is 1. The molecule has 230 valence electrons. The molecular weight excluding hydrogens is 579 g/mol. The molecule has 2 aromatic carbocycles. The number of hydrogen-bond acceptors (Lipinski definition) is 7. The Kier molecular flexibility index (Phi) is 7.44. The summed E-state index contributed by atoms with van der Waals surface area (Å²) in [6, 6.07) is 6.05. The number of nitrogens with one attached hydrogen (secondary N) is 1. The highest BCUT2D eigenvalue weighted by Gasteiger charge is 2.47. The number of halogens is 3. The van der Waals surface area contributed by atoms with Crippen molar-refractivity contribution in [1.82, 2.24) is 20.1 Å². The molecule has 0 bridgehead atoms. The molecule has 13 heteroatoms. The maximum Gasteiger partial charge on any atom is 0.252 e. The molecule has 0 spiro atoms. The van der Waals surface area contributed by atoms with Gasteiger partial charge < -0.3 is 25.6 Å². The van der Waals surface area contributed by atoms with Crippen LogP contribution in [0.25, 0.3) is 22.2 Å². The molecule has 4 N–H and O–H groups in total. The van der Waals surface area contributed by atoms with Crippen molar-refractivity contribution in [3.05, 3.63) is 70.8 Å². The van der Waals surface area contributed by atoms with E-state index in [9.17, 15) is 23.5 Å². The van der Waals surface area contributed by atoms with Gasteiger partial charge in [0.15, 0.2) is 17.4 Å². The van der Waals surface area contributed by atoms with Crippen LogP contribution in [-0.4, -0.2) is 51.9 Å². The van der Waals surface area contributed by atoms with E-state index < -0.39 is 52.0 Å². The Balaban J connectivity index is 1.39. The van der Waals surface area contributed by atoms with Gasteiger partial charge in [0.1, 0.15) is 28.4 Å². The second-order valence-corrected chi connectivity index (χ2v) is 11.1. The highest BCUT2D eigenvalue weighted by molar-refractivity contribution is 6.00. The smallest absolute Gasteiger partial charge is 0.252 e. The zero-order chi connectivity index (χ0) is 31.3. The molecule has 44 heavy (non-hydrogen) atoms. The van der Waals surface area contributed by atoms with Gasteiger partial charge >= 0.3 is 0 Å². The van der Waals surface area contributed by atoms with E-state index in [1.807, 2.05) is 10.9 Å². The zero-order valence-corrected chi connectivity index (χ0v) is 24.0. The van der Waals surface area contributed by atoms with E-state index in [0.717, 1.165) is 12.8 Å². The highest BCUT2D eigenvalue weighted by atomic mass is 19.2. The first-order valence-electron chi connectivity index (χ1n) is 14.2. The van der Waals surface area contributed by atoms with Crippen LogP contribution in [0, 0.1) is 23.4 Å². The van der Waals surface area contributed by atoms with Crippen molar-refractivity contribution in [2.24, 2.45) is 11.7 Å². The Labute approximate surface area is 250 Å². The summed E-state index contributed by atoms with van der Waals surface area (Å²) in [5.74, 6) is -5.99. The normalized spacial score (nSPS) is 16.0. The monoisotopic (exact) mass is 609 g/mol. The fraction of sp³-hybridized carbons (Fsp3) is 0.355. The first-order valence-corrected chi connectivity index (χ1v) is 14.2. The van der Waals surface area contributed by atoms with Crippen LogP contribution in [0.5, 0.6) is 11.5 Å². The number of aliphatic hydroxyl groups is 1. The average molecular weight is 610 g/mol. The molecule has 2 aromatic heterocycles. The Morgan fingerprint density at radius 1 is 1.14 bits per heavy atom. The summed E-state index contributed by atoms with van der Waals surface area (Å²) in [7, 11) is 1.48. The number of aromatic nitrogens is 3. The van der Waals surface area contributed by atoms with E-state index in [-0.39, 0.29) is 35.7 Å². The lowest BCUT2D eigenvalue weighted by Gasteiger charge is -2.29. The Hall–Kier alpha value is -4.65. The lowest BCUT2D eigenvalue weighted by atomic mass is 9.90.